The first-order valence-corrected chi connectivity index (χ1v) is 7.72. The summed E-state index contributed by atoms with van der Waals surface area (Å²) in [5, 5.41) is 3.49. The van der Waals surface area contributed by atoms with Gasteiger partial charge in [-0.2, -0.15) is 0 Å². The van der Waals surface area contributed by atoms with Crippen LogP contribution in [-0.2, 0) is 0 Å². The molecule has 2 unspecified atom stereocenters. The predicted octanol–water partition coefficient (Wildman–Crippen LogP) is 3.28. The highest BCUT2D eigenvalue weighted by Crippen LogP contribution is 2.20. The van der Waals surface area contributed by atoms with E-state index in [1.807, 2.05) is 0 Å². The predicted molar refractivity (Wildman–Crippen MR) is 76.4 cm³/mol. The summed E-state index contributed by atoms with van der Waals surface area (Å²) in [5.74, 6) is 1.00. The average molecular weight is 240 g/mol. The molecule has 0 radical (unpaired) electrons. The highest BCUT2D eigenvalue weighted by Gasteiger charge is 2.15. The monoisotopic (exact) mass is 240 g/mol. The molecule has 2 nitrogen and oxygen atoms in total. The number of likely N-dealkylation sites (tertiary alicyclic amines) is 1. The number of nitrogens with zero attached hydrogens (tertiary/aromatic N) is 1. The Morgan fingerprint density at radius 2 is 2.06 bits per heavy atom. The summed E-state index contributed by atoms with van der Waals surface area (Å²) in [5.41, 5.74) is 0. The van der Waals surface area contributed by atoms with Gasteiger partial charge >= 0.3 is 0 Å². The number of nitrogens with one attached hydrogen (secondary N) is 1. The molecule has 17 heavy (non-hydrogen) atoms. The van der Waals surface area contributed by atoms with Crippen molar-refractivity contribution >= 4 is 0 Å². The van der Waals surface area contributed by atoms with Crippen LogP contribution in [0.3, 0.4) is 0 Å². The molecular formula is C15H32N2. The van der Waals surface area contributed by atoms with E-state index in [4.69, 9.17) is 0 Å². The Hall–Kier alpha value is -0.0800. The molecule has 0 aromatic carbocycles. The normalized spacial score (nSPS) is 24.5. The minimum absolute atomic E-state index is 0.690. The molecule has 1 N–H and O–H groups in total. The SMILES string of the molecule is CCNC(C)CCCN1CCCC(CC)CC1. The van der Waals surface area contributed by atoms with Crippen LogP contribution in [0.4, 0.5) is 0 Å². The third-order valence-corrected chi connectivity index (χ3v) is 4.18. The van der Waals surface area contributed by atoms with Crippen LogP contribution >= 0.6 is 0 Å². The van der Waals surface area contributed by atoms with Crippen LogP contribution < -0.4 is 5.32 Å². The van der Waals surface area contributed by atoms with Crippen molar-refractivity contribution in [2.45, 2.75) is 65.3 Å². The van der Waals surface area contributed by atoms with Crippen LogP contribution in [0.5, 0.6) is 0 Å². The van der Waals surface area contributed by atoms with E-state index in [0.717, 1.165) is 12.5 Å². The molecule has 1 aliphatic rings. The summed E-state index contributed by atoms with van der Waals surface area (Å²) in [6, 6.07) is 0.690. The molecule has 0 spiro atoms. The van der Waals surface area contributed by atoms with E-state index < -0.39 is 0 Å². The Balaban J connectivity index is 2.10. The van der Waals surface area contributed by atoms with Crippen LogP contribution in [-0.4, -0.2) is 37.1 Å². The van der Waals surface area contributed by atoms with Crippen molar-refractivity contribution < 1.29 is 0 Å². The lowest BCUT2D eigenvalue weighted by Crippen LogP contribution is -2.29. The zero-order valence-electron chi connectivity index (χ0n) is 12.2. The van der Waals surface area contributed by atoms with Gasteiger partial charge in [0.15, 0.2) is 0 Å². The van der Waals surface area contributed by atoms with E-state index in [1.165, 1.54) is 58.2 Å². The quantitative estimate of drug-likeness (QED) is 0.735. The van der Waals surface area contributed by atoms with E-state index in [-0.39, 0.29) is 0 Å². The molecule has 0 bridgehead atoms. The third-order valence-electron chi connectivity index (χ3n) is 4.18. The molecule has 0 aromatic rings. The van der Waals surface area contributed by atoms with E-state index >= 15 is 0 Å². The van der Waals surface area contributed by atoms with Crippen molar-refractivity contribution in [2.24, 2.45) is 5.92 Å². The lowest BCUT2D eigenvalue weighted by molar-refractivity contribution is 0.269. The second kappa shape index (κ2) is 8.93. The molecule has 0 aliphatic carbocycles. The van der Waals surface area contributed by atoms with Crippen molar-refractivity contribution in [3.8, 4) is 0 Å². The van der Waals surface area contributed by atoms with Gasteiger partial charge in [-0.15, -0.1) is 0 Å². The van der Waals surface area contributed by atoms with E-state index in [9.17, 15) is 0 Å². The van der Waals surface area contributed by atoms with Crippen LogP contribution in [0, 0.1) is 5.92 Å². The fraction of sp³-hybridized carbons (Fsp3) is 1.00. The van der Waals surface area contributed by atoms with Gasteiger partial charge in [-0.1, -0.05) is 20.3 Å². The van der Waals surface area contributed by atoms with E-state index in [0.29, 0.717) is 6.04 Å². The molecule has 102 valence electrons. The van der Waals surface area contributed by atoms with Crippen molar-refractivity contribution in [2.75, 3.05) is 26.2 Å². The number of hydrogen-bond acceptors (Lipinski definition) is 2. The Bertz CT molecular complexity index is 182. The molecule has 2 atom stereocenters. The molecule has 1 rings (SSSR count). The second-order valence-electron chi connectivity index (χ2n) is 5.65. The van der Waals surface area contributed by atoms with E-state index in [2.05, 4.69) is 31.0 Å². The van der Waals surface area contributed by atoms with Gasteiger partial charge in [0, 0.05) is 6.04 Å². The molecule has 0 amide bonds. The molecule has 1 saturated heterocycles. The molecule has 1 heterocycles. The minimum atomic E-state index is 0.690. The van der Waals surface area contributed by atoms with Gasteiger partial charge in [0.05, 0.1) is 0 Å². The Morgan fingerprint density at radius 3 is 2.76 bits per heavy atom. The first-order chi connectivity index (χ1) is 8.26. The van der Waals surface area contributed by atoms with Gasteiger partial charge < -0.3 is 10.2 Å². The van der Waals surface area contributed by atoms with Crippen LogP contribution in [0.25, 0.3) is 0 Å². The largest absolute Gasteiger partial charge is 0.315 e. The molecule has 0 aromatic heterocycles. The Kier molecular flexibility index (Phi) is 7.87. The number of hydrogen-bond donors (Lipinski definition) is 1. The standard InChI is InChI=1S/C15H32N2/c1-4-15-9-7-12-17(13-10-15)11-6-8-14(3)16-5-2/h14-16H,4-13H2,1-3H3. The Morgan fingerprint density at radius 1 is 1.24 bits per heavy atom. The summed E-state index contributed by atoms with van der Waals surface area (Å²) in [6.45, 7) is 11.9. The molecule has 1 aliphatic heterocycles. The van der Waals surface area contributed by atoms with Gasteiger partial charge in [-0.05, 0) is 71.1 Å². The fourth-order valence-corrected chi connectivity index (χ4v) is 2.93. The molecule has 1 fully saturated rings. The summed E-state index contributed by atoms with van der Waals surface area (Å²) in [7, 11) is 0. The maximum Gasteiger partial charge on any atom is 0.00390 e. The number of rotatable bonds is 7. The minimum Gasteiger partial charge on any atom is -0.315 e. The molecular weight excluding hydrogens is 208 g/mol. The van der Waals surface area contributed by atoms with Gasteiger partial charge in [-0.3, -0.25) is 0 Å². The third kappa shape index (κ3) is 6.42. The highest BCUT2D eigenvalue weighted by atomic mass is 15.1. The van der Waals surface area contributed by atoms with Gasteiger partial charge in [0.2, 0.25) is 0 Å². The maximum absolute atomic E-state index is 3.49. The zero-order chi connectivity index (χ0) is 12.5. The van der Waals surface area contributed by atoms with E-state index in [1.54, 1.807) is 0 Å². The van der Waals surface area contributed by atoms with Crippen LogP contribution in [0.1, 0.15) is 59.3 Å². The van der Waals surface area contributed by atoms with Crippen molar-refractivity contribution in [3.63, 3.8) is 0 Å². The summed E-state index contributed by atoms with van der Waals surface area (Å²) < 4.78 is 0. The average Bonchev–Trinajstić information content (AvgIpc) is 2.55. The Labute approximate surface area is 108 Å². The topological polar surface area (TPSA) is 15.3 Å². The van der Waals surface area contributed by atoms with Crippen molar-refractivity contribution in [3.05, 3.63) is 0 Å². The van der Waals surface area contributed by atoms with Crippen LogP contribution in [0.2, 0.25) is 0 Å². The van der Waals surface area contributed by atoms with Gasteiger partial charge in [0.25, 0.3) is 0 Å². The first-order valence-electron chi connectivity index (χ1n) is 7.72. The first kappa shape index (κ1) is 15.0. The summed E-state index contributed by atoms with van der Waals surface area (Å²) in [4.78, 5) is 2.69. The van der Waals surface area contributed by atoms with Crippen LogP contribution in [0.15, 0.2) is 0 Å². The second-order valence-corrected chi connectivity index (χ2v) is 5.65. The zero-order valence-corrected chi connectivity index (χ0v) is 12.2. The van der Waals surface area contributed by atoms with Gasteiger partial charge in [0.1, 0.15) is 0 Å². The van der Waals surface area contributed by atoms with Gasteiger partial charge in [-0.25, -0.2) is 0 Å². The summed E-state index contributed by atoms with van der Waals surface area (Å²) >= 11 is 0. The molecule has 2 heteroatoms. The molecule has 0 saturated carbocycles. The maximum atomic E-state index is 3.49. The smallest absolute Gasteiger partial charge is 0.00390 e. The highest BCUT2D eigenvalue weighted by molar-refractivity contribution is 4.70. The summed E-state index contributed by atoms with van der Waals surface area (Å²) in [6.07, 6.45) is 8.36. The van der Waals surface area contributed by atoms with Crippen molar-refractivity contribution in [1.29, 1.82) is 0 Å². The lowest BCUT2D eigenvalue weighted by Gasteiger charge is -2.21. The van der Waals surface area contributed by atoms with Crippen molar-refractivity contribution in [1.82, 2.24) is 10.2 Å². The lowest BCUT2D eigenvalue weighted by atomic mass is 9.98. The fourth-order valence-electron chi connectivity index (χ4n) is 2.93.